The first-order chi connectivity index (χ1) is 7.98. The molecule has 88 valence electrons. The minimum Gasteiger partial charge on any atom is -0.507 e. The number of benzene rings is 2. The molecule has 0 aliphatic rings. The molecule has 0 aliphatic heterocycles. The normalized spacial score (nSPS) is 11.5. The van der Waals surface area contributed by atoms with Gasteiger partial charge in [0.2, 0.25) is 0 Å². The average molecular weight is 226 g/mol. The molecule has 0 atom stereocenters. The summed E-state index contributed by atoms with van der Waals surface area (Å²) in [6.45, 7) is 6.43. The summed E-state index contributed by atoms with van der Waals surface area (Å²) in [6.07, 6.45) is 0. The molecule has 0 radical (unpaired) electrons. The number of rotatable bonds is 1. The Bertz CT molecular complexity index is 507. The Labute approximate surface area is 103 Å². The van der Waals surface area contributed by atoms with Crippen molar-refractivity contribution >= 4 is 0 Å². The van der Waals surface area contributed by atoms with Gasteiger partial charge in [-0.15, -0.1) is 0 Å². The van der Waals surface area contributed by atoms with Gasteiger partial charge >= 0.3 is 0 Å². The van der Waals surface area contributed by atoms with Gasteiger partial charge in [0.05, 0.1) is 0 Å². The SMILES string of the molecule is CC(C)(C)c1ccc(-c2ccccc2)c(O)c1. The molecule has 1 heteroatoms. The zero-order valence-electron chi connectivity index (χ0n) is 10.6. The third kappa shape index (κ3) is 2.50. The molecule has 0 heterocycles. The summed E-state index contributed by atoms with van der Waals surface area (Å²) in [6, 6.07) is 15.9. The minimum atomic E-state index is 0.0622. The molecule has 2 aromatic carbocycles. The van der Waals surface area contributed by atoms with Gasteiger partial charge in [-0.2, -0.15) is 0 Å². The lowest BCUT2D eigenvalue weighted by molar-refractivity contribution is 0.473. The molecule has 1 nitrogen and oxygen atoms in total. The van der Waals surface area contributed by atoms with Crippen molar-refractivity contribution in [3.05, 3.63) is 54.1 Å². The minimum absolute atomic E-state index is 0.0622. The van der Waals surface area contributed by atoms with Crippen LogP contribution in [-0.4, -0.2) is 5.11 Å². The number of phenolic OH excluding ortho intramolecular Hbond substituents is 1. The fourth-order valence-corrected chi connectivity index (χ4v) is 1.86. The first kappa shape index (κ1) is 11.7. The summed E-state index contributed by atoms with van der Waals surface area (Å²) in [7, 11) is 0. The molecule has 0 aliphatic carbocycles. The maximum atomic E-state index is 10.1. The molecular formula is C16H18O. The second-order valence-corrected chi connectivity index (χ2v) is 5.35. The maximum absolute atomic E-state index is 10.1. The lowest BCUT2D eigenvalue weighted by Gasteiger charge is -2.20. The molecule has 0 spiro atoms. The molecule has 2 aromatic rings. The van der Waals surface area contributed by atoms with Gasteiger partial charge in [-0.3, -0.25) is 0 Å². The topological polar surface area (TPSA) is 20.2 Å². The first-order valence-corrected chi connectivity index (χ1v) is 5.87. The maximum Gasteiger partial charge on any atom is 0.123 e. The molecule has 0 saturated carbocycles. The summed E-state index contributed by atoms with van der Waals surface area (Å²) in [4.78, 5) is 0. The Morgan fingerprint density at radius 1 is 0.882 bits per heavy atom. The van der Waals surface area contributed by atoms with Gasteiger partial charge in [-0.1, -0.05) is 63.2 Å². The Morgan fingerprint density at radius 2 is 1.53 bits per heavy atom. The number of hydrogen-bond acceptors (Lipinski definition) is 1. The number of phenols is 1. The van der Waals surface area contributed by atoms with Crippen LogP contribution in [0.2, 0.25) is 0 Å². The molecule has 17 heavy (non-hydrogen) atoms. The van der Waals surface area contributed by atoms with Crippen LogP contribution in [0.5, 0.6) is 5.75 Å². The zero-order valence-corrected chi connectivity index (χ0v) is 10.6. The van der Waals surface area contributed by atoms with Crippen molar-refractivity contribution in [1.82, 2.24) is 0 Å². The fourth-order valence-electron chi connectivity index (χ4n) is 1.86. The van der Waals surface area contributed by atoms with E-state index in [0.29, 0.717) is 5.75 Å². The van der Waals surface area contributed by atoms with Crippen LogP contribution in [0, 0.1) is 0 Å². The molecule has 1 N–H and O–H groups in total. The van der Waals surface area contributed by atoms with E-state index in [1.54, 1.807) is 0 Å². The van der Waals surface area contributed by atoms with Crippen molar-refractivity contribution in [3.8, 4) is 16.9 Å². The highest BCUT2D eigenvalue weighted by molar-refractivity contribution is 5.70. The predicted octanol–water partition coefficient (Wildman–Crippen LogP) is 4.36. The van der Waals surface area contributed by atoms with Crippen LogP contribution in [-0.2, 0) is 5.41 Å². The lowest BCUT2D eigenvalue weighted by atomic mass is 9.86. The van der Waals surface area contributed by atoms with Gasteiger partial charge in [0.1, 0.15) is 5.75 Å². The molecular weight excluding hydrogens is 208 g/mol. The Kier molecular flexibility index (Phi) is 2.93. The third-order valence-electron chi connectivity index (χ3n) is 2.95. The van der Waals surface area contributed by atoms with E-state index in [1.807, 2.05) is 42.5 Å². The van der Waals surface area contributed by atoms with Crippen molar-refractivity contribution in [2.24, 2.45) is 0 Å². The third-order valence-corrected chi connectivity index (χ3v) is 2.95. The van der Waals surface area contributed by atoms with Crippen molar-refractivity contribution < 1.29 is 5.11 Å². The monoisotopic (exact) mass is 226 g/mol. The molecule has 0 saturated heterocycles. The summed E-state index contributed by atoms with van der Waals surface area (Å²) in [5.41, 5.74) is 3.14. The average Bonchev–Trinajstić information content (AvgIpc) is 2.29. The van der Waals surface area contributed by atoms with E-state index < -0.39 is 0 Å². The number of hydrogen-bond donors (Lipinski definition) is 1. The van der Waals surface area contributed by atoms with Crippen LogP contribution < -0.4 is 0 Å². The lowest BCUT2D eigenvalue weighted by Crippen LogP contribution is -2.10. The van der Waals surface area contributed by atoms with Crippen LogP contribution in [0.1, 0.15) is 26.3 Å². The molecule has 0 unspecified atom stereocenters. The Hall–Kier alpha value is -1.76. The summed E-state index contributed by atoms with van der Waals surface area (Å²) < 4.78 is 0. The van der Waals surface area contributed by atoms with Crippen LogP contribution in [0.15, 0.2) is 48.5 Å². The number of aromatic hydroxyl groups is 1. The predicted molar refractivity (Wildman–Crippen MR) is 72.2 cm³/mol. The van der Waals surface area contributed by atoms with Gasteiger partial charge in [0.25, 0.3) is 0 Å². The zero-order chi connectivity index (χ0) is 12.5. The van der Waals surface area contributed by atoms with E-state index in [2.05, 4.69) is 26.8 Å². The largest absolute Gasteiger partial charge is 0.507 e. The van der Waals surface area contributed by atoms with Gasteiger partial charge in [0, 0.05) is 5.56 Å². The van der Waals surface area contributed by atoms with Crippen molar-refractivity contribution in [3.63, 3.8) is 0 Å². The summed E-state index contributed by atoms with van der Waals surface area (Å²) in [5.74, 6) is 0.351. The van der Waals surface area contributed by atoms with Crippen LogP contribution in [0.4, 0.5) is 0 Å². The first-order valence-electron chi connectivity index (χ1n) is 5.87. The van der Waals surface area contributed by atoms with Crippen LogP contribution in [0.25, 0.3) is 11.1 Å². The van der Waals surface area contributed by atoms with Crippen molar-refractivity contribution in [2.75, 3.05) is 0 Å². The Morgan fingerprint density at radius 3 is 2.06 bits per heavy atom. The molecule has 0 bridgehead atoms. The van der Waals surface area contributed by atoms with Crippen LogP contribution >= 0.6 is 0 Å². The van der Waals surface area contributed by atoms with Gasteiger partial charge < -0.3 is 5.11 Å². The van der Waals surface area contributed by atoms with Gasteiger partial charge in [-0.05, 0) is 22.6 Å². The highest BCUT2D eigenvalue weighted by Crippen LogP contribution is 2.33. The molecule has 0 aromatic heterocycles. The quantitative estimate of drug-likeness (QED) is 0.766. The van der Waals surface area contributed by atoms with E-state index in [4.69, 9.17) is 0 Å². The molecule has 0 amide bonds. The van der Waals surface area contributed by atoms with E-state index in [-0.39, 0.29) is 5.41 Å². The molecule has 0 fully saturated rings. The smallest absolute Gasteiger partial charge is 0.123 e. The summed E-state index contributed by atoms with van der Waals surface area (Å²) in [5, 5.41) is 10.1. The molecule has 2 rings (SSSR count). The highest BCUT2D eigenvalue weighted by atomic mass is 16.3. The second kappa shape index (κ2) is 4.25. The Balaban J connectivity index is 2.46. The van der Waals surface area contributed by atoms with E-state index >= 15 is 0 Å². The summed E-state index contributed by atoms with van der Waals surface area (Å²) >= 11 is 0. The highest BCUT2D eigenvalue weighted by Gasteiger charge is 2.15. The van der Waals surface area contributed by atoms with E-state index in [0.717, 1.165) is 16.7 Å². The van der Waals surface area contributed by atoms with Crippen molar-refractivity contribution in [2.45, 2.75) is 26.2 Å². The van der Waals surface area contributed by atoms with Gasteiger partial charge in [0.15, 0.2) is 0 Å². The van der Waals surface area contributed by atoms with Crippen LogP contribution in [0.3, 0.4) is 0 Å². The van der Waals surface area contributed by atoms with E-state index in [1.165, 1.54) is 0 Å². The van der Waals surface area contributed by atoms with Gasteiger partial charge in [-0.25, -0.2) is 0 Å². The van der Waals surface area contributed by atoms with Crippen molar-refractivity contribution in [1.29, 1.82) is 0 Å². The van der Waals surface area contributed by atoms with E-state index in [9.17, 15) is 5.11 Å². The fraction of sp³-hybridized carbons (Fsp3) is 0.250. The second-order valence-electron chi connectivity index (χ2n) is 5.35. The standard InChI is InChI=1S/C16H18O/c1-16(2,3)13-9-10-14(15(17)11-13)12-7-5-4-6-8-12/h4-11,17H,1-3H3.